The molecule has 10 aromatic carbocycles. The van der Waals surface area contributed by atoms with Crippen molar-refractivity contribution in [1.29, 1.82) is 0 Å². The summed E-state index contributed by atoms with van der Waals surface area (Å²) in [6, 6.07) is 84.0. The van der Waals surface area contributed by atoms with Gasteiger partial charge in [-0.3, -0.25) is 0 Å². The highest BCUT2D eigenvalue weighted by Crippen LogP contribution is 2.62. The van der Waals surface area contributed by atoms with Crippen LogP contribution < -0.4 is 4.90 Å². The molecule has 302 valence electrons. The maximum Gasteiger partial charge on any atom is 0.0714 e. The van der Waals surface area contributed by atoms with E-state index in [1.165, 1.54) is 103 Å². The van der Waals surface area contributed by atoms with Crippen molar-refractivity contribution in [2.24, 2.45) is 0 Å². The first-order chi connectivity index (χ1) is 31.5. The van der Waals surface area contributed by atoms with Crippen LogP contribution in [0.4, 0.5) is 17.1 Å². The molecular formula is C62H43NS. The maximum absolute atomic E-state index is 2.59. The highest BCUT2D eigenvalue weighted by atomic mass is 32.1. The van der Waals surface area contributed by atoms with E-state index in [2.05, 4.69) is 243 Å². The molecule has 0 N–H and O–H groups in total. The van der Waals surface area contributed by atoms with Gasteiger partial charge in [-0.15, -0.1) is 11.3 Å². The predicted octanol–water partition coefficient (Wildman–Crippen LogP) is 17.0. The Morgan fingerprint density at radius 2 is 0.969 bits per heavy atom. The zero-order valence-corrected chi connectivity index (χ0v) is 36.5. The highest BCUT2D eigenvalue weighted by Gasteiger charge is 2.48. The number of fused-ring (bicyclic) bond motifs is 11. The number of hydrogen-bond acceptors (Lipinski definition) is 2. The average Bonchev–Trinajstić information content (AvgIpc) is 3.97. The summed E-state index contributed by atoms with van der Waals surface area (Å²) in [5, 5.41) is 5.19. The van der Waals surface area contributed by atoms with E-state index >= 15 is 0 Å². The second-order valence-corrected chi connectivity index (χ2v) is 19.0. The summed E-state index contributed by atoms with van der Waals surface area (Å²) in [5.74, 6) is 0. The Morgan fingerprint density at radius 1 is 0.406 bits per heavy atom. The molecule has 1 aromatic heterocycles. The fraction of sp³-hybridized carbons (Fsp3) is 0.0645. The molecule has 0 saturated carbocycles. The first-order valence-electron chi connectivity index (χ1n) is 22.3. The minimum atomic E-state index is -0.525. The van der Waals surface area contributed by atoms with Crippen LogP contribution in [-0.2, 0) is 10.8 Å². The molecule has 0 radical (unpaired) electrons. The highest BCUT2D eigenvalue weighted by molar-refractivity contribution is 7.26. The van der Waals surface area contributed by atoms with Crippen LogP contribution in [0.1, 0.15) is 47.2 Å². The molecule has 1 heterocycles. The fourth-order valence-corrected chi connectivity index (χ4v) is 12.9. The van der Waals surface area contributed by atoms with Crippen LogP contribution in [0.3, 0.4) is 0 Å². The van der Waals surface area contributed by atoms with Gasteiger partial charge in [0.05, 0.1) is 16.8 Å². The molecule has 2 aliphatic carbocycles. The van der Waals surface area contributed by atoms with E-state index in [4.69, 9.17) is 0 Å². The van der Waals surface area contributed by atoms with Gasteiger partial charge in [0.25, 0.3) is 0 Å². The molecule has 11 aromatic rings. The lowest BCUT2D eigenvalue weighted by Crippen LogP contribution is -2.28. The van der Waals surface area contributed by atoms with Gasteiger partial charge in [-0.1, -0.05) is 208 Å². The molecule has 0 fully saturated rings. The van der Waals surface area contributed by atoms with Crippen molar-refractivity contribution in [1.82, 2.24) is 0 Å². The molecule has 0 aliphatic heterocycles. The standard InChI is InChI=1S/C62H43NS/c1-61(2)51-30-14-11-26-49(51)58-55(39-41-19-9-10-24-45(41)59(58)61)63(44-37-35-40(36-38-44)46-28-17-29-48-47-25-13-16-34-56(47)64-60(46)48)54-33-18-32-53-57(54)50-27-12-15-31-52(50)62(53,42-20-5-3-6-21-42)43-22-7-4-8-23-43/h3-39H,1-2H3. The Balaban J connectivity index is 1.12. The molecule has 0 atom stereocenters. The SMILES string of the molecule is CC1(C)c2ccccc2-c2c(N(c3ccc(-c4cccc5c4sc4ccccc45)cc3)c3cccc4c3-c3ccccc3C4(c3ccccc3)c3ccccc3)cc3ccccc3c21. The van der Waals surface area contributed by atoms with Gasteiger partial charge in [-0.05, 0) is 96.7 Å². The quantitative estimate of drug-likeness (QED) is 0.161. The van der Waals surface area contributed by atoms with E-state index in [1.54, 1.807) is 0 Å². The number of benzene rings is 10. The van der Waals surface area contributed by atoms with E-state index < -0.39 is 5.41 Å². The summed E-state index contributed by atoms with van der Waals surface area (Å²) >= 11 is 1.89. The van der Waals surface area contributed by atoms with Crippen molar-refractivity contribution in [3.63, 3.8) is 0 Å². The van der Waals surface area contributed by atoms with Crippen LogP contribution in [0.2, 0.25) is 0 Å². The molecule has 0 unspecified atom stereocenters. The Bertz CT molecular complexity index is 3590. The van der Waals surface area contributed by atoms with Crippen molar-refractivity contribution >= 4 is 59.3 Å². The number of anilines is 3. The number of rotatable bonds is 6. The maximum atomic E-state index is 2.59. The Hall–Kier alpha value is -7.52. The molecular weight excluding hydrogens is 791 g/mol. The van der Waals surface area contributed by atoms with Gasteiger partial charge in [0, 0.05) is 42.4 Å². The predicted molar refractivity (Wildman–Crippen MR) is 272 cm³/mol. The van der Waals surface area contributed by atoms with Gasteiger partial charge in [0.2, 0.25) is 0 Å². The van der Waals surface area contributed by atoms with E-state index in [0.29, 0.717) is 0 Å². The van der Waals surface area contributed by atoms with Crippen molar-refractivity contribution < 1.29 is 0 Å². The Kier molecular flexibility index (Phi) is 8.11. The molecule has 2 aliphatic rings. The smallest absolute Gasteiger partial charge is 0.0714 e. The van der Waals surface area contributed by atoms with E-state index in [0.717, 1.165) is 11.4 Å². The second kappa shape index (κ2) is 14.0. The summed E-state index contributed by atoms with van der Waals surface area (Å²) in [6.45, 7) is 4.82. The monoisotopic (exact) mass is 833 g/mol. The van der Waals surface area contributed by atoms with E-state index in [-0.39, 0.29) is 5.41 Å². The zero-order chi connectivity index (χ0) is 42.6. The number of hydrogen-bond donors (Lipinski definition) is 0. The van der Waals surface area contributed by atoms with E-state index in [9.17, 15) is 0 Å². The minimum Gasteiger partial charge on any atom is -0.309 e. The van der Waals surface area contributed by atoms with Crippen LogP contribution in [0.15, 0.2) is 224 Å². The molecule has 0 bridgehead atoms. The van der Waals surface area contributed by atoms with Gasteiger partial charge < -0.3 is 4.90 Å². The Labute approximate surface area is 378 Å². The average molecular weight is 834 g/mol. The first-order valence-corrected chi connectivity index (χ1v) is 23.2. The van der Waals surface area contributed by atoms with Crippen LogP contribution in [-0.4, -0.2) is 0 Å². The fourth-order valence-electron chi connectivity index (χ4n) is 11.6. The number of thiophene rings is 1. The summed E-state index contributed by atoms with van der Waals surface area (Å²) < 4.78 is 2.65. The minimum absolute atomic E-state index is 0.207. The first kappa shape index (κ1) is 37.1. The lowest BCUT2D eigenvalue weighted by molar-refractivity contribution is 0.666. The molecule has 0 saturated heterocycles. The third-order valence-electron chi connectivity index (χ3n) is 14.3. The summed E-state index contributed by atoms with van der Waals surface area (Å²) in [4.78, 5) is 2.59. The van der Waals surface area contributed by atoms with Crippen molar-refractivity contribution in [2.45, 2.75) is 24.7 Å². The third-order valence-corrected chi connectivity index (χ3v) is 15.5. The second-order valence-electron chi connectivity index (χ2n) is 17.9. The van der Waals surface area contributed by atoms with Crippen molar-refractivity contribution in [3.8, 4) is 33.4 Å². The summed E-state index contributed by atoms with van der Waals surface area (Å²) in [6.07, 6.45) is 0. The van der Waals surface area contributed by atoms with Gasteiger partial charge in [0.15, 0.2) is 0 Å². The van der Waals surface area contributed by atoms with Gasteiger partial charge in [0.1, 0.15) is 0 Å². The molecule has 1 nitrogen and oxygen atoms in total. The van der Waals surface area contributed by atoms with Gasteiger partial charge in [-0.25, -0.2) is 0 Å². The topological polar surface area (TPSA) is 3.24 Å². The summed E-state index contributed by atoms with van der Waals surface area (Å²) in [5.41, 5.74) is 18.2. The Morgan fingerprint density at radius 3 is 1.72 bits per heavy atom. The third kappa shape index (κ3) is 5.12. The van der Waals surface area contributed by atoms with Crippen LogP contribution in [0.25, 0.3) is 64.3 Å². The van der Waals surface area contributed by atoms with Crippen LogP contribution >= 0.6 is 11.3 Å². The molecule has 0 spiro atoms. The lowest BCUT2D eigenvalue weighted by Gasteiger charge is -2.35. The largest absolute Gasteiger partial charge is 0.309 e. The molecule has 2 heteroatoms. The molecule has 0 amide bonds. The number of nitrogens with zero attached hydrogens (tertiary/aromatic N) is 1. The van der Waals surface area contributed by atoms with Gasteiger partial charge in [-0.2, -0.15) is 0 Å². The van der Waals surface area contributed by atoms with Gasteiger partial charge >= 0.3 is 0 Å². The van der Waals surface area contributed by atoms with Crippen LogP contribution in [0, 0.1) is 0 Å². The van der Waals surface area contributed by atoms with Crippen molar-refractivity contribution in [2.75, 3.05) is 4.90 Å². The van der Waals surface area contributed by atoms with E-state index in [1.807, 2.05) is 11.3 Å². The molecule has 13 rings (SSSR count). The normalized spacial score (nSPS) is 14.0. The zero-order valence-electron chi connectivity index (χ0n) is 35.7. The van der Waals surface area contributed by atoms with Crippen LogP contribution in [0.5, 0.6) is 0 Å². The lowest BCUT2D eigenvalue weighted by atomic mass is 9.68. The summed E-state index contributed by atoms with van der Waals surface area (Å²) in [7, 11) is 0. The van der Waals surface area contributed by atoms with Crippen molar-refractivity contribution in [3.05, 3.63) is 258 Å². The molecule has 64 heavy (non-hydrogen) atoms.